The van der Waals surface area contributed by atoms with E-state index in [9.17, 15) is 4.79 Å². The molecule has 1 aromatic rings. The standard InChI is InChI=1S/C12H15BrClNO2/c1-17-8-7-15(6-5-14)12(16)10-3-2-4-11(13)9-10/h2-4,9H,5-8H2,1H3. The zero-order chi connectivity index (χ0) is 12.7. The summed E-state index contributed by atoms with van der Waals surface area (Å²) in [4.78, 5) is 13.9. The van der Waals surface area contributed by atoms with Gasteiger partial charge in [-0.2, -0.15) is 0 Å². The molecule has 0 saturated carbocycles. The van der Waals surface area contributed by atoms with E-state index in [1.54, 1.807) is 24.1 Å². The van der Waals surface area contributed by atoms with Gasteiger partial charge in [-0.05, 0) is 18.2 Å². The second-order valence-corrected chi connectivity index (χ2v) is 4.78. The predicted molar refractivity (Wildman–Crippen MR) is 72.6 cm³/mol. The molecule has 1 aromatic carbocycles. The minimum absolute atomic E-state index is 0.0241. The molecule has 1 rings (SSSR count). The van der Waals surface area contributed by atoms with E-state index in [4.69, 9.17) is 16.3 Å². The quantitative estimate of drug-likeness (QED) is 0.754. The summed E-state index contributed by atoms with van der Waals surface area (Å²) in [5.74, 6) is 0.396. The number of carbonyl (C=O) groups is 1. The van der Waals surface area contributed by atoms with Crippen molar-refractivity contribution in [2.75, 3.05) is 32.7 Å². The number of hydrogen-bond acceptors (Lipinski definition) is 2. The Bertz CT molecular complexity index is 373. The van der Waals surface area contributed by atoms with Crippen LogP contribution in [0.25, 0.3) is 0 Å². The molecule has 1 amide bonds. The van der Waals surface area contributed by atoms with Gasteiger partial charge in [0.05, 0.1) is 6.61 Å². The van der Waals surface area contributed by atoms with Gasteiger partial charge < -0.3 is 9.64 Å². The molecule has 0 N–H and O–H groups in total. The van der Waals surface area contributed by atoms with Crippen molar-refractivity contribution in [2.24, 2.45) is 0 Å². The van der Waals surface area contributed by atoms with E-state index in [-0.39, 0.29) is 5.91 Å². The number of hydrogen-bond donors (Lipinski definition) is 0. The predicted octanol–water partition coefficient (Wildman–Crippen LogP) is 2.78. The Hall–Kier alpha value is -0.580. The van der Waals surface area contributed by atoms with Crippen molar-refractivity contribution in [3.8, 4) is 0 Å². The van der Waals surface area contributed by atoms with Crippen LogP contribution in [0, 0.1) is 0 Å². The summed E-state index contributed by atoms with van der Waals surface area (Å²) < 4.78 is 5.87. The molecule has 0 heterocycles. The van der Waals surface area contributed by atoms with Gasteiger partial charge in [0.2, 0.25) is 0 Å². The van der Waals surface area contributed by atoms with Crippen LogP contribution in [0.15, 0.2) is 28.7 Å². The number of benzene rings is 1. The van der Waals surface area contributed by atoms with E-state index >= 15 is 0 Å². The first-order valence-electron chi connectivity index (χ1n) is 5.28. The zero-order valence-electron chi connectivity index (χ0n) is 9.66. The number of methoxy groups -OCH3 is 1. The molecule has 0 aliphatic heterocycles. The zero-order valence-corrected chi connectivity index (χ0v) is 12.0. The Morgan fingerprint density at radius 2 is 2.24 bits per heavy atom. The maximum Gasteiger partial charge on any atom is 0.254 e. The third-order valence-corrected chi connectivity index (χ3v) is 2.94. The van der Waals surface area contributed by atoms with Crippen LogP contribution in [0.2, 0.25) is 0 Å². The van der Waals surface area contributed by atoms with Crippen molar-refractivity contribution < 1.29 is 9.53 Å². The third-order valence-electron chi connectivity index (χ3n) is 2.28. The Labute approximate surface area is 115 Å². The lowest BCUT2D eigenvalue weighted by Crippen LogP contribution is -2.35. The first-order valence-corrected chi connectivity index (χ1v) is 6.61. The highest BCUT2D eigenvalue weighted by atomic mass is 79.9. The second kappa shape index (κ2) is 7.69. The lowest BCUT2D eigenvalue weighted by atomic mass is 10.2. The third kappa shape index (κ3) is 4.66. The van der Waals surface area contributed by atoms with Gasteiger partial charge in [0.15, 0.2) is 0 Å². The number of nitrogens with zero attached hydrogens (tertiary/aromatic N) is 1. The molecule has 0 aliphatic rings. The number of ether oxygens (including phenoxy) is 1. The Morgan fingerprint density at radius 1 is 1.47 bits per heavy atom. The van der Waals surface area contributed by atoms with Gasteiger partial charge in [-0.25, -0.2) is 0 Å². The summed E-state index contributed by atoms with van der Waals surface area (Å²) in [7, 11) is 1.61. The number of rotatable bonds is 6. The van der Waals surface area contributed by atoms with Gasteiger partial charge in [0.25, 0.3) is 5.91 Å². The molecule has 17 heavy (non-hydrogen) atoms. The van der Waals surface area contributed by atoms with Crippen molar-refractivity contribution in [2.45, 2.75) is 0 Å². The monoisotopic (exact) mass is 319 g/mol. The normalized spacial score (nSPS) is 10.3. The van der Waals surface area contributed by atoms with Gasteiger partial charge in [-0.3, -0.25) is 4.79 Å². The van der Waals surface area contributed by atoms with Crippen LogP contribution in [0.5, 0.6) is 0 Å². The molecule has 0 atom stereocenters. The number of halogens is 2. The molecule has 0 spiro atoms. The van der Waals surface area contributed by atoms with Gasteiger partial charge in [-0.1, -0.05) is 22.0 Å². The average molecular weight is 321 g/mol. The highest BCUT2D eigenvalue weighted by Crippen LogP contribution is 2.13. The maximum atomic E-state index is 12.2. The first-order chi connectivity index (χ1) is 8.19. The van der Waals surface area contributed by atoms with Crippen LogP contribution < -0.4 is 0 Å². The fourth-order valence-corrected chi connectivity index (χ4v) is 2.03. The molecule has 0 aliphatic carbocycles. The van der Waals surface area contributed by atoms with Crippen LogP contribution in [0.4, 0.5) is 0 Å². The van der Waals surface area contributed by atoms with Crippen LogP contribution in [0.3, 0.4) is 0 Å². The lowest BCUT2D eigenvalue weighted by molar-refractivity contribution is 0.0707. The minimum atomic E-state index is -0.0241. The molecule has 94 valence electrons. The van der Waals surface area contributed by atoms with E-state index in [0.717, 1.165) is 4.47 Å². The fourth-order valence-electron chi connectivity index (χ4n) is 1.42. The molecular formula is C12H15BrClNO2. The largest absolute Gasteiger partial charge is 0.383 e. The van der Waals surface area contributed by atoms with E-state index in [1.165, 1.54) is 0 Å². The van der Waals surface area contributed by atoms with Crippen LogP contribution in [-0.4, -0.2) is 43.5 Å². The summed E-state index contributed by atoms with van der Waals surface area (Å²) in [6.45, 7) is 1.58. The number of amides is 1. The summed E-state index contributed by atoms with van der Waals surface area (Å²) in [6.07, 6.45) is 0. The summed E-state index contributed by atoms with van der Waals surface area (Å²) in [5, 5.41) is 0. The number of carbonyl (C=O) groups excluding carboxylic acids is 1. The molecular weight excluding hydrogens is 305 g/mol. The van der Waals surface area contributed by atoms with Gasteiger partial charge in [-0.15, -0.1) is 11.6 Å². The minimum Gasteiger partial charge on any atom is -0.383 e. The van der Waals surface area contributed by atoms with E-state index in [1.807, 2.05) is 12.1 Å². The van der Waals surface area contributed by atoms with Crippen molar-refractivity contribution in [3.63, 3.8) is 0 Å². The Morgan fingerprint density at radius 3 is 2.82 bits per heavy atom. The Balaban J connectivity index is 2.76. The van der Waals surface area contributed by atoms with Gasteiger partial charge in [0.1, 0.15) is 0 Å². The van der Waals surface area contributed by atoms with Crippen molar-refractivity contribution in [3.05, 3.63) is 34.3 Å². The Kier molecular flexibility index (Phi) is 6.55. The van der Waals surface area contributed by atoms with Crippen molar-refractivity contribution in [1.29, 1.82) is 0 Å². The lowest BCUT2D eigenvalue weighted by Gasteiger charge is -2.21. The van der Waals surface area contributed by atoms with Gasteiger partial charge >= 0.3 is 0 Å². The maximum absolute atomic E-state index is 12.2. The van der Waals surface area contributed by atoms with Crippen LogP contribution in [-0.2, 0) is 4.74 Å². The van der Waals surface area contributed by atoms with Crippen molar-refractivity contribution >= 4 is 33.4 Å². The summed E-state index contributed by atoms with van der Waals surface area (Å²) in [6, 6.07) is 7.32. The molecule has 0 fully saturated rings. The summed E-state index contributed by atoms with van der Waals surface area (Å²) in [5.41, 5.74) is 0.653. The van der Waals surface area contributed by atoms with E-state index < -0.39 is 0 Å². The highest BCUT2D eigenvalue weighted by molar-refractivity contribution is 9.10. The first kappa shape index (κ1) is 14.5. The fraction of sp³-hybridized carbons (Fsp3) is 0.417. The molecule has 3 nitrogen and oxygen atoms in total. The smallest absolute Gasteiger partial charge is 0.254 e. The molecule has 0 aromatic heterocycles. The SMILES string of the molecule is COCCN(CCCl)C(=O)c1cccc(Br)c1. The van der Waals surface area contributed by atoms with Gasteiger partial charge in [0, 0.05) is 36.1 Å². The topological polar surface area (TPSA) is 29.5 Å². The van der Waals surface area contributed by atoms with Crippen LogP contribution >= 0.6 is 27.5 Å². The molecule has 0 bridgehead atoms. The molecule has 0 radical (unpaired) electrons. The number of alkyl halides is 1. The van der Waals surface area contributed by atoms with Crippen LogP contribution in [0.1, 0.15) is 10.4 Å². The molecule has 5 heteroatoms. The second-order valence-electron chi connectivity index (χ2n) is 3.48. The molecule has 0 unspecified atom stereocenters. The average Bonchev–Trinajstić information content (AvgIpc) is 2.33. The summed E-state index contributed by atoms with van der Waals surface area (Å²) >= 11 is 9.04. The highest BCUT2D eigenvalue weighted by Gasteiger charge is 2.14. The van der Waals surface area contributed by atoms with Crippen molar-refractivity contribution in [1.82, 2.24) is 4.90 Å². The van der Waals surface area contributed by atoms with E-state index in [2.05, 4.69) is 15.9 Å². The molecule has 0 saturated heterocycles. The van der Waals surface area contributed by atoms with E-state index in [0.29, 0.717) is 31.1 Å².